The monoisotopic (exact) mass is 309 g/mol. The number of nitrogens with zero attached hydrogens (tertiary/aromatic N) is 1. The van der Waals surface area contributed by atoms with Gasteiger partial charge in [0.1, 0.15) is 0 Å². The fourth-order valence-corrected chi connectivity index (χ4v) is 1.47. The molecule has 2 N–H and O–H groups in total. The second kappa shape index (κ2) is 5.30. The Kier molecular flexibility index (Phi) is 4.91. The molecule has 8 nitrogen and oxygen atoms in total. The van der Waals surface area contributed by atoms with Crippen LogP contribution in [0, 0.1) is 0 Å². The summed E-state index contributed by atoms with van der Waals surface area (Å²) >= 11 is 0. The molecule has 0 aromatic rings. The number of carboxylic acids is 1. The van der Waals surface area contributed by atoms with Gasteiger partial charge in [0.2, 0.25) is 5.91 Å². The van der Waals surface area contributed by atoms with E-state index in [1.807, 2.05) is 0 Å². The number of hydrogen-bond donors (Lipinski definition) is 2. The van der Waals surface area contributed by atoms with Gasteiger partial charge in [0, 0.05) is 0 Å². The molecule has 12 heteroatoms. The molecule has 1 fully saturated rings. The average molecular weight is 309 g/mol. The molecule has 0 atom stereocenters. The minimum atomic E-state index is -5.08. The Morgan fingerprint density at radius 1 is 1.42 bits per heavy atom. The number of amides is 1. The standard InChI is InChI=1S/C5H9NO5S.C2HF3O2/c1-5(2)3-4(7)6(5)11-12(8,9)10;3-2(4,5)1(6)7/h3H2,1-2H3,(H,8,9,10);(H,6,7). The van der Waals surface area contributed by atoms with Crippen LogP contribution in [0.4, 0.5) is 13.2 Å². The highest BCUT2D eigenvalue weighted by Gasteiger charge is 2.47. The predicted molar refractivity (Wildman–Crippen MR) is 51.9 cm³/mol. The molecule has 19 heavy (non-hydrogen) atoms. The second-order valence-electron chi connectivity index (χ2n) is 3.98. The van der Waals surface area contributed by atoms with Crippen molar-refractivity contribution in [1.29, 1.82) is 0 Å². The van der Waals surface area contributed by atoms with Gasteiger partial charge >= 0.3 is 22.5 Å². The molecule has 0 bridgehead atoms. The number of alkyl halides is 3. The predicted octanol–water partition coefficient (Wildman–Crippen LogP) is 0.365. The third-order valence-electron chi connectivity index (χ3n) is 1.77. The van der Waals surface area contributed by atoms with Gasteiger partial charge < -0.3 is 5.11 Å². The quantitative estimate of drug-likeness (QED) is 0.558. The molecular weight excluding hydrogens is 299 g/mol. The molecule has 0 spiro atoms. The molecule has 1 aliphatic heterocycles. The highest BCUT2D eigenvalue weighted by Crippen LogP contribution is 2.31. The summed E-state index contributed by atoms with van der Waals surface area (Å²) in [5.41, 5.74) is -0.660. The SMILES string of the molecule is CC1(C)CC(=O)N1OS(=O)(=O)O.O=C(O)C(F)(F)F. The average Bonchev–Trinajstić information content (AvgIpc) is 2.12. The van der Waals surface area contributed by atoms with Crippen molar-refractivity contribution >= 4 is 22.3 Å². The van der Waals surface area contributed by atoms with Crippen molar-refractivity contribution in [1.82, 2.24) is 5.06 Å². The van der Waals surface area contributed by atoms with Crippen LogP contribution in [0.15, 0.2) is 0 Å². The number of halogens is 3. The van der Waals surface area contributed by atoms with Gasteiger partial charge in [-0.1, -0.05) is 0 Å². The lowest BCUT2D eigenvalue weighted by atomic mass is 9.91. The fourth-order valence-electron chi connectivity index (χ4n) is 0.997. The van der Waals surface area contributed by atoms with Gasteiger partial charge in [0.05, 0.1) is 12.0 Å². The Morgan fingerprint density at radius 3 is 1.89 bits per heavy atom. The molecule has 1 amide bonds. The highest BCUT2D eigenvalue weighted by atomic mass is 32.3. The van der Waals surface area contributed by atoms with Crippen molar-refractivity contribution in [2.45, 2.75) is 32.0 Å². The third kappa shape index (κ3) is 5.85. The maximum Gasteiger partial charge on any atom is 0.490 e. The van der Waals surface area contributed by atoms with Crippen LogP contribution in [-0.4, -0.2) is 46.7 Å². The summed E-state index contributed by atoms with van der Waals surface area (Å²) in [6.07, 6.45) is -4.87. The molecule has 1 aliphatic rings. The van der Waals surface area contributed by atoms with Crippen LogP contribution in [-0.2, 0) is 24.3 Å². The number of carboxylic acid groups (broad SMARTS) is 1. The molecule has 1 rings (SSSR count). The van der Waals surface area contributed by atoms with Gasteiger partial charge in [-0.15, -0.1) is 4.28 Å². The van der Waals surface area contributed by atoms with Gasteiger partial charge in [0.15, 0.2) is 0 Å². The number of hydrogen-bond acceptors (Lipinski definition) is 5. The van der Waals surface area contributed by atoms with Crippen LogP contribution < -0.4 is 0 Å². The maximum absolute atomic E-state index is 10.7. The molecule has 1 saturated heterocycles. The summed E-state index contributed by atoms with van der Waals surface area (Å²) in [6, 6.07) is 0. The Bertz CT molecular complexity index is 470. The van der Waals surface area contributed by atoms with Crippen LogP contribution >= 0.6 is 0 Å². The highest BCUT2D eigenvalue weighted by molar-refractivity contribution is 7.80. The minimum Gasteiger partial charge on any atom is -0.475 e. The Labute approximate surface area is 105 Å². The number of hydroxylamine groups is 2. The largest absolute Gasteiger partial charge is 0.490 e. The smallest absolute Gasteiger partial charge is 0.475 e. The fraction of sp³-hybridized carbons (Fsp3) is 0.714. The topological polar surface area (TPSA) is 121 Å². The van der Waals surface area contributed by atoms with Crippen LogP contribution in [0.25, 0.3) is 0 Å². The lowest BCUT2D eigenvalue weighted by Gasteiger charge is -2.43. The third-order valence-corrected chi connectivity index (χ3v) is 2.11. The lowest BCUT2D eigenvalue weighted by Crippen LogP contribution is -2.60. The number of aliphatic carboxylic acids is 1. The number of carbonyl (C=O) groups is 2. The summed E-state index contributed by atoms with van der Waals surface area (Å²) in [6.45, 7) is 3.25. The van der Waals surface area contributed by atoms with Crippen molar-refractivity contribution < 1.29 is 45.1 Å². The van der Waals surface area contributed by atoms with Crippen LogP contribution in [0.2, 0.25) is 0 Å². The van der Waals surface area contributed by atoms with E-state index in [9.17, 15) is 26.4 Å². The van der Waals surface area contributed by atoms with E-state index in [0.29, 0.717) is 5.06 Å². The molecule has 0 unspecified atom stereocenters. The first kappa shape index (κ1) is 17.6. The first-order chi connectivity index (χ1) is 8.17. The normalized spacial score (nSPS) is 18.2. The van der Waals surface area contributed by atoms with E-state index in [1.54, 1.807) is 13.8 Å². The van der Waals surface area contributed by atoms with E-state index in [-0.39, 0.29) is 6.42 Å². The lowest BCUT2D eigenvalue weighted by molar-refractivity contribution is -0.208. The summed E-state index contributed by atoms with van der Waals surface area (Å²) in [4.78, 5) is 19.6. The van der Waals surface area contributed by atoms with E-state index in [4.69, 9.17) is 14.5 Å². The molecule has 0 aromatic heterocycles. The Hall–Kier alpha value is -1.40. The first-order valence-corrected chi connectivity index (χ1v) is 5.83. The van der Waals surface area contributed by atoms with Crippen molar-refractivity contribution in [3.05, 3.63) is 0 Å². The van der Waals surface area contributed by atoms with Crippen LogP contribution in [0.3, 0.4) is 0 Å². The molecule has 1 heterocycles. The van der Waals surface area contributed by atoms with Crippen molar-refractivity contribution in [2.24, 2.45) is 0 Å². The van der Waals surface area contributed by atoms with Crippen LogP contribution in [0.1, 0.15) is 20.3 Å². The zero-order chi connectivity index (χ0) is 15.6. The maximum atomic E-state index is 10.7. The van der Waals surface area contributed by atoms with Crippen molar-refractivity contribution in [3.8, 4) is 0 Å². The zero-order valence-corrected chi connectivity index (χ0v) is 10.4. The van der Waals surface area contributed by atoms with Crippen molar-refractivity contribution in [3.63, 3.8) is 0 Å². The molecular formula is C7H10F3NO7S. The summed E-state index contributed by atoms with van der Waals surface area (Å²) < 4.78 is 64.4. The number of rotatable bonds is 2. The van der Waals surface area contributed by atoms with Gasteiger partial charge in [-0.2, -0.15) is 26.7 Å². The summed E-state index contributed by atoms with van der Waals surface area (Å²) in [5.74, 6) is -3.22. The molecule has 0 aliphatic carbocycles. The van der Waals surface area contributed by atoms with E-state index < -0.39 is 34.0 Å². The summed E-state index contributed by atoms with van der Waals surface area (Å²) in [5, 5.41) is 7.77. The second-order valence-corrected chi connectivity index (χ2v) is 4.99. The van der Waals surface area contributed by atoms with E-state index in [0.717, 1.165) is 0 Å². The van der Waals surface area contributed by atoms with Gasteiger partial charge in [-0.25, -0.2) is 4.79 Å². The van der Waals surface area contributed by atoms with E-state index >= 15 is 0 Å². The Balaban J connectivity index is 0.000000399. The number of β-lactam (4-membered cyclic amide) rings is 1. The zero-order valence-electron chi connectivity index (χ0n) is 9.63. The number of carbonyl (C=O) groups excluding carboxylic acids is 1. The molecule has 0 saturated carbocycles. The van der Waals surface area contributed by atoms with Crippen LogP contribution in [0.5, 0.6) is 0 Å². The molecule has 112 valence electrons. The minimum absolute atomic E-state index is 0.211. The van der Waals surface area contributed by atoms with E-state index in [1.165, 1.54) is 0 Å². The van der Waals surface area contributed by atoms with E-state index in [2.05, 4.69) is 4.28 Å². The first-order valence-electron chi connectivity index (χ1n) is 4.47. The molecule has 0 radical (unpaired) electrons. The summed E-state index contributed by atoms with van der Waals surface area (Å²) in [7, 11) is -4.58. The van der Waals surface area contributed by atoms with Crippen molar-refractivity contribution in [2.75, 3.05) is 0 Å². The van der Waals surface area contributed by atoms with Gasteiger partial charge in [-0.3, -0.25) is 9.35 Å². The Morgan fingerprint density at radius 2 is 1.79 bits per heavy atom. The molecule has 0 aromatic carbocycles. The van der Waals surface area contributed by atoms with Gasteiger partial charge in [0.25, 0.3) is 0 Å². The van der Waals surface area contributed by atoms with Gasteiger partial charge in [-0.05, 0) is 13.8 Å².